The number of hydrogen-bond donors (Lipinski definition) is 1. The van der Waals surface area contributed by atoms with Crippen molar-refractivity contribution in [2.24, 2.45) is 0 Å². The van der Waals surface area contributed by atoms with Crippen molar-refractivity contribution in [3.05, 3.63) is 54.1 Å². The summed E-state index contributed by atoms with van der Waals surface area (Å²) in [7, 11) is -3.93. The molecule has 0 aromatic heterocycles. The van der Waals surface area contributed by atoms with E-state index in [2.05, 4.69) is 10.2 Å². The van der Waals surface area contributed by atoms with Crippen molar-refractivity contribution in [3.63, 3.8) is 0 Å². The van der Waals surface area contributed by atoms with E-state index in [4.69, 9.17) is 0 Å². The van der Waals surface area contributed by atoms with E-state index in [-0.39, 0.29) is 5.69 Å². The van der Waals surface area contributed by atoms with Crippen molar-refractivity contribution in [2.75, 3.05) is 33.9 Å². The smallest absolute Gasteiger partial charge is 0.247 e. The summed E-state index contributed by atoms with van der Waals surface area (Å²) in [5.41, 5.74) is 1.46. The minimum atomic E-state index is -3.93. The van der Waals surface area contributed by atoms with Gasteiger partial charge in [-0.2, -0.15) is 0 Å². The first kappa shape index (κ1) is 22.0. The van der Waals surface area contributed by atoms with Gasteiger partial charge in [-0.25, -0.2) is 17.2 Å². The quantitative estimate of drug-likeness (QED) is 0.747. The summed E-state index contributed by atoms with van der Waals surface area (Å²) in [6.45, 7) is 3.39. The zero-order chi connectivity index (χ0) is 21.9. The van der Waals surface area contributed by atoms with Gasteiger partial charge in [0.2, 0.25) is 15.9 Å². The van der Waals surface area contributed by atoms with Crippen LogP contribution in [0.25, 0.3) is 0 Å². The molecule has 1 fully saturated rings. The van der Waals surface area contributed by atoms with Crippen molar-refractivity contribution in [2.45, 2.75) is 32.2 Å². The van der Waals surface area contributed by atoms with E-state index in [1.165, 1.54) is 13.3 Å². The Kier molecular flexibility index (Phi) is 6.60. The van der Waals surface area contributed by atoms with Gasteiger partial charge in [0.15, 0.2) is 11.6 Å². The average Bonchev–Trinajstić information content (AvgIpc) is 2.71. The second-order valence-electron chi connectivity index (χ2n) is 7.42. The Labute approximate surface area is 175 Å². The minimum absolute atomic E-state index is 0.125. The number of nitrogens with one attached hydrogen (secondary N) is 1. The summed E-state index contributed by atoms with van der Waals surface area (Å²) < 4.78 is 52.2. The Morgan fingerprint density at radius 3 is 2.23 bits per heavy atom. The van der Waals surface area contributed by atoms with Crippen molar-refractivity contribution in [1.29, 1.82) is 0 Å². The molecule has 0 saturated carbocycles. The SMILES string of the molecule is C[C@H](C(=O)Nc1ccc(N2CCCCC2)cc1)N(c1ccc(F)c(F)c1)S(C)(=O)=O. The maximum absolute atomic E-state index is 13.6. The van der Waals surface area contributed by atoms with Gasteiger partial charge < -0.3 is 10.2 Å². The summed E-state index contributed by atoms with van der Waals surface area (Å²) >= 11 is 0. The lowest BCUT2D eigenvalue weighted by atomic mass is 10.1. The molecule has 0 bridgehead atoms. The van der Waals surface area contributed by atoms with Crippen LogP contribution in [-0.4, -0.2) is 39.7 Å². The van der Waals surface area contributed by atoms with Crippen LogP contribution >= 0.6 is 0 Å². The standard InChI is InChI=1S/C21H25F2N3O3S/c1-15(26(30(2,28)29)18-10-11-19(22)20(23)14-18)21(27)24-16-6-8-17(9-7-16)25-12-4-3-5-13-25/h6-11,14-15H,3-5,12-13H2,1-2H3,(H,24,27)/t15-/m1/s1. The molecular weight excluding hydrogens is 412 g/mol. The van der Waals surface area contributed by atoms with E-state index in [0.717, 1.165) is 60.4 Å². The number of piperidine rings is 1. The van der Waals surface area contributed by atoms with Gasteiger partial charge in [-0.05, 0) is 62.6 Å². The second-order valence-corrected chi connectivity index (χ2v) is 9.28. The topological polar surface area (TPSA) is 69.7 Å². The van der Waals surface area contributed by atoms with Crippen molar-refractivity contribution >= 4 is 33.0 Å². The Balaban J connectivity index is 1.76. The van der Waals surface area contributed by atoms with Crippen LogP contribution in [0.4, 0.5) is 25.8 Å². The molecule has 9 heteroatoms. The van der Waals surface area contributed by atoms with Gasteiger partial charge in [0.05, 0.1) is 11.9 Å². The average molecular weight is 438 g/mol. The van der Waals surface area contributed by atoms with Crippen LogP contribution in [0.3, 0.4) is 0 Å². The molecule has 162 valence electrons. The maximum atomic E-state index is 13.6. The van der Waals surface area contributed by atoms with Crippen LogP contribution in [0.1, 0.15) is 26.2 Å². The molecule has 30 heavy (non-hydrogen) atoms. The number of benzene rings is 2. The molecule has 0 aliphatic carbocycles. The summed E-state index contributed by atoms with van der Waals surface area (Å²) in [6.07, 6.45) is 4.45. The Bertz CT molecular complexity index is 1010. The zero-order valence-electron chi connectivity index (χ0n) is 16.9. The molecule has 3 rings (SSSR count). The highest BCUT2D eigenvalue weighted by atomic mass is 32.2. The molecule has 1 heterocycles. The lowest BCUT2D eigenvalue weighted by Gasteiger charge is -2.29. The number of anilines is 3. The van der Waals surface area contributed by atoms with Crippen LogP contribution in [0, 0.1) is 11.6 Å². The lowest BCUT2D eigenvalue weighted by molar-refractivity contribution is -0.116. The first-order chi connectivity index (χ1) is 14.2. The molecule has 0 spiro atoms. The molecule has 0 radical (unpaired) electrons. The van der Waals surface area contributed by atoms with Gasteiger partial charge in [-0.15, -0.1) is 0 Å². The fourth-order valence-electron chi connectivity index (χ4n) is 3.59. The van der Waals surface area contributed by atoms with Crippen molar-refractivity contribution in [1.82, 2.24) is 0 Å². The number of carbonyl (C=O) groups is 1. The Morgan fingerprint density at radius 1 is 1.03 bits per heavy atom. The lowest BCUT2D eigenvalue weighted by Crippen LogP contribution is -2.45. The fraction of sp³-hybridized carbons (Fsp3) is 0.381. The van der Waals surface area contributed by atoms with Crippen molar-refractivity contribution in [3.8, 4) is 0 Å². The zero-order valence-corrected chi connectivity index (χ0v) is 17.8. The molecule has 1 atom stereocenters. The van der Waals surface area contributed by atoms with E-state index in [1.54, 1.807) is 12.1 Å². The molecule has 1 N–H and O–H groups in total. The van der Waals surface area contributed by atoms with E-state index in [0.29, 0.717) is 5.69 Å². The maximum Gasteiger partial charge on any atom is 0.247 e. The van der Waals surface area contributed by atoms with Gasteiger partial charge in [-0.3, -0.25) is 9.10 Å². The minimum Gasteiger partial charge on any atom is -0.372 e. The van der Waals surface area contributed by atoms with Crippen LogP contribution in [0.15, 0.2) is 42.5 Å². The summed E-state index contributed by atoms with van der Waals surface area (Å²) in [5, 5.41) is 2.69. The van der Waals surface area contributed by atoms with E-state index >= 15 is 0 Å². The normalized spacial score (nSPS) is 15.5. The molecular formula is C21H25F2N3O3S. The number of hydrogen-bond acceptors (Lipinski definition) is 4. The predicted octanol–water partition coefficient (Wildman–Crippen LogP) is 3.75. The molecule has 1 aliphatic heterocycles. The van der Waals surface area contributed by atoms with Crippen LogP contribution in [-0.2, 0) is 14.8 Å². The highest BCUT2D eigenvalue weighted by Gasteiger charge is 2.30. The number of halogens is 2. The summed E-state index contributed by atoms with van der Waals surface area (Å²) in [4.78, 5) is 15.0. The van der Waals surface area contributed by atoms with Gasteiger partial charge in [-0.1, -0.05) is 0 Å². The molecule has 1 aliphatic rings. The third-order valence-electron chi connectivity index (χ3n) is 5.10. The second kappa shape index (κ2) is 8.99. The van der Waals surface area contributed by atoms with E-state index in [9.17, 15) is 22.0 Å². The van der Waals surface area contributed by atoms with Crippen LogP contribution in [0.5, 0.6) is 0 Å². The van der Waals surface area contributed by atoms with E-state index in [1.807, 2.05) is 12.1 Å². The van der Waals surface area contributed by atoms with Gasteiger partial charge >= 0.3 is 0 Å². The first-order valence-electron chi connectivity index (χ1n) is 9.77. The molecule has 6 nitrogen and oxygen atoms in total. The summed E-state index contributed by atoms with van der Waals surface area (Å²) in [5.74, 6) is -2.88. The number of sulfonamides is 1. The van der Waals surface area contributed by atoms with Gasteiger partial charge in [0, 0.05) is 30.5 Å². The Hall–Kier alpha value is -2.68. The number of amides is 1. The number of nitrogens with zero attached hydrogens (tertiary/aromatic N) is 2. The Morgan fingerprint density at radius 2 is 1.67 bits per heavy atom. The first-order valence-corrected chi connectivity index (χ1v) is 11.6. The molecule has 1 saturated heterocycles. The molecule has 2 aromatic carbocycles. The van der Waals surface area contributed by atoms with E-state index < -0.39 is 33.6 Å². The predicted molar refractivity (Wildman–Crippen MR) is 114 cm³/mol. The third-order valence-corrected chi connectivity index (χ3v) is 6.34. The fourth-order valence-corrected chi connectivity index (χ4v) is 4.75. The highest BCUT2D eigenvalue weighted by molar-refractivity contribution is 7.92. The molecule has 2 aromatic rings. The van der Waals surface area contributed by atoms with Gasteiger partial charge in [0.25, 0.3) is 0 Å². The highest BCUT2D eigenvalue weighted by Crippen LogP contribution is 2.25. The number of rotatable bonds is 6. The van der Waals surface area contributed by atoms with Crippen LogP contribution < -0.4 is 14.5 Å². The summed E-state index contributed by atoms with van der Waals surface area (Å²) in [6, 6.07) is 8.88. The monoisotopic (exact) mass is 437 g/mol. The largest absolute Gasteiger partial charge is 0.372 e. The van der Waals surface area contributed by atoms with Gasteiger partial charge in [0.1, 0.15) is 6.04 Å². The van der Waals surface area contributed by atoms with Crippen molar-refractivity contribution < 1.29 is 22.0 Å². The molecule has 0 unspecified atom stereocenters. The number of carbonyl (C=O) groups excluding carboxylic acids is 1. The molecule has 1 amide bonds. The van der Waals surface area contributed by atoms with Crippen LogP contribution in [0.2, 0.25) is 0 Å². The third kappa shape index (κ3) is 5.08.